The highest BCUT2D eigenvalue weighted by Crippen LogP contribution is 2.61. The predicted octanol–water partition coefficient (Wildman–Crippen LogP) is 4.38. The first-order chi connectivity index (χ1) is 8.92. The number of allylic oxidation sites excluding steroid dienone is 1. The van der Waals surface area contributed by atoms with E-state index in [1.807, 2.05) is 0 Å². The first kappa shape index (κ1) is 11.7. The first-order valence-electron chi connectivity index (χ1n) is 7.87. The Morgan fingerprint density at radius 3 is 2.83 bits per heavy atom. The maximum Gasteiger partial charge on any atom is 0.0912 e. The Morgan fingerprint density at radius 1 is 1.11 bits per heavy atom. The minimum atomic E-state index is 0.859. The molecule has 4 rings (SSSR count). The van der Waals surface area contributed by atoms with E-state index in [1.165, 1.54) is 51.4 Å². The van der Waals surface area contributed by atoms with Gasteiger partial charge in [0.05, 0.1) is 12.9 Å². The van der Waals surface area contributed by atoms with Gasteiger partial charge in [-0.3, -0.25) is 0 Å². The van der Waals surface area contributed by atoms with Gasteiger partial charge in [-0.1, -0.05) is 6.42 Å². The molecular weight excluding hydrogens is 240 g/mol. The molecule has 2 saturated carbocycles. The van der Waals surface area contributed by atoms with Crippen molar-refractivity contribution in [2.75, 3.05) is 6.61 Å². The topological polar surface area (TPSA) is 9.23 Å². The van der Waals surface area contributed by atoms with E-state index in [0.29, 0.717) is 0 Å². The number of fused-ring (bicyclic) bond motifs is 5. The Labute approximate surface area is 115 Å². The smallest absolute Gasteiger partial charge is 0.0912 e. The van der Waals surface area contributed by atoms with Crippen LogP contribution in [-0.4, -0.2) is 17.1 Å². The summed E-state index contributed by atoms with van der Waals surface area (Å²) in [5.41, 5.74) is 1.56. The van der Waals surface area contributed by atoms with Crippen LogP contribution in [0.25, 0.3) is 0 Å². The minimum Gasteiger partial charge on any atom is -0.501 e. The van der Waals surface area contributed by atoms with Crippen molar-refractivity contribution in [3.63, 3.8) is 0 Å². The molecule has 0 N–H and O–H groups in total. The summed E-state index contributed by atoms with van der Waals surface area (Å²) in [6.07, 6.45) is 13.4. The molecule has 0 amide bonds. The van der Waals surface area contributed by atoms with Gasteiger partial charge in [-0.25, -0.2) is 0 Å². The van der Waals surface area contributed by atoms with Crippen molar-refractivity contribution in [1.29, 1.82) is 0 Å². The fraction of sp³-hybridized carbons (Fsp3) is 0.875. The van der Waals surface area contributed by atoms with Crippen LogP contribution in [0.4, 0.5) is 0 Å². The van der Waals surface area contributed by atoms with Crippen LogP contribution >= 0.6 is 11.8 Å². The van der Waals surface area contributed by atoms with Crippen molar-refractivity contribution < 1.29 is 4.74 Å². The van der Waals surface area contributed by atoms with E-state index in [2.05, 4.69) is 18.0 Å². The molecule has 18 heavy (non-hydrogen) atoms. The summed E-state index contributed by atoms with van der Waals surface area (Å²) in [5, 5.41) is 1.94. The molecule has 2 bridgehead atoms. The van der Waals surface area contributed by atoms with E-state index in [1.54, 1.807) is 5.57 Å². The molecule has 0 aromatic rings. The molecule has 2 aliphatic heterocycles. The lowest BCUT2D eigenvalue weighted by Gasteiger charge is -2.29. The molecule has 2 heterocycles. The molecular formula is C16H24OS. The summed E-state index contributed by atoms with van der Waals surface area (Å²) in [7, 11) is 0. The standard InChI is InChI=1S/C16H24OS/c1-2-5-11(4-1)9-17-10-12-8-15-13-6-3-7-14(13)16(12)18-15/h9,12-16H,1-8,10H2. The van der Waals surface area contributed by atoms with Crippen LogP contribution in [0.1, 0.15) is 51.4 Å². The molecule has 1 nitrogen and oxygen atoms in total. The Balaban J connectivity index is 1.33. The Hall–Kier alpha value is -0.110. The molecule has 0 spiro atoms. The van der Waals surface area contributed by atoms with Gasteiger partial charge >= 0.3 is 0 Å². The van der Waals surface area contributed by atoms with Crippen LogP contribution in [-0.2, 0) is 4.74 Å². The molecule has 100 valence electrons. The highest BCUT2D eigenvalue weighted by Gasteiger charge is 2.54. The summed E-state index contributed by atoms with van der Waals surface area (Å²) >= 11 is 2.31. The number of ether oxygens (including phenoxy) is 1. The van der Waals surface area contributed by atoms with Gasteiger partial charge in [-0.05, 0) is 62.4 Å². The van der Waals surface area contributed by atoms with Crippen LogP contribution in [0, 0.1) is 17.8 Å². The van der Waals surface area contributed by atoms with Gasteiger partial charge in [0.1, 0.15) is 0 Å². The van der Waals surface area contributed by atoms with Gasteiger partial charge in [0, 0.05) is 16.4 Å². The molecule has 2 aliphatic carbocycles. The lowest BCUT2D eigenvalue weighted by atomic mass is 9.76. The first-order valence-corrected chi connectivity index (χ1v) is 8.81. The molecule has 5 atom stereocenters. The van der Waals surface area contributed by atoms with Gasteiger partial charge in [-0.15, -0.1) is 0 Å². The summed E-state index contributed by atoms with van der Waals surface area (Å²) in [6, 6.07) is 0. The SMILES string of the molecule is C(OCC1CC2SC1C1CCCC21)=C1CCCC1. The van der Waals surface area contributed by atoms with Crippen LogP contribution in [0.2, 0.25) is 0 Å². The van der Waals surface area contributed by atoms with Crippen molar-refractivity contribution in [2.45, 2.75) is 61.9 Å². The van der Waals surface area contributed by atoms with Crippen LogP contribution in [0.5, 0.6) is 0 Å². The van der Waals surface area contributed by atoms with E-state index in [-0.39, 0.29) is 0 Å². The van der Waals surface area contributed by atoms with E-state index in [9.17, 15) is 0 Å². The fourth-order valence-electron chi connectivity index (χ4n) is 4.81. The molecule has 0 radical (unpaired) electrons. The quantitative estimate of drug-likeness (QED) is 0.700. The Morgan fingerprint density at radius 2 is 1.94 bits per heavy atom. The van der Waals surface area contributed by atoms with Crippen LogP contribution in [0.3, 0.4) is 0 Å². The van der Waals surface area contributed by atoms with Gasteiger partial charge < -0.3 is 4.74 Å². The Bertz CT molecular complexity index is 343. The number of hydrogen-bond acceptors (Lipinski definition) is 2. The van der Waals surface area contributed by atoms with Gasteiger partial charge in [0.25, 0.3) is 0 Å². The number of hydrogen-bond donors (Lipinski definition) is 0. The van der Waals surface area contributed by atoms with E-state index >= 15 is 0 Å². The van der Waals surface area contributed by atoms with E-state index in [0.717, 1.165) is 34.9 Å². The third-order valence-corrected chi connectivity index (χ3v) is 7.60. The molecule has 0 aromatic carbocycles. The third-order valence-electron chi connectivity index (χ3n) is 5.66. The highest BCUT2D eigenvalue weighted by molar-refractivity contribution is 8.01. The summed E-state index contributed by atoms with van der Waals surface area (Å²) < 4.78 is 5.93. The molecule has 2 saturated heterocycles. The van der Waals surface area contributed by atoms with Crippen molar-refractivity contribution in [3.8, 4) is 0 Å². The predicted molar refractivity (Wildman–Crippen MR) is 76.6 cm³/mol. The van der Waals surface area contributed by atoms with Gasteiger partial charge in [0.15, 0.2) is 0 Å². The molecule has 2 heteroatoms. The van der Waals surface area contributed by atoms with Crippen molar-refractivity contribution in [2.24, 2.45) is 17.8 Å². The molecule has 0 aromatic heterocycles. The average molecular weight is 264 g/mol. The minimum absolute atomic E-state index is 0.859. The molecule has 4 fully saturated rings. The lowest BCUT2D eigenvalue weighted by molar-refractivity contribution is 0.146. The summed E-state index contributed by atoms with van der Waals surface area (Å²) in [4.78, 5) is 0. The van der Waals surface area contributed by atoms with Crippen molar-refractivity contribution in [3.05, 3.63) is 11.8 Å². The summed E-state index contributed by atoms with van der Waals surface area (Å²) in [6.45, 7) is 1.00. The normalized spacial score (nSPS) is 45.6. The maximum atomic E-state index is 5.93. The van der Waals surface area contributed by atoms with Crippen molar-refractivity contribution >= 4 is 11.8 Å². The number of rotatable bonds is 3. The van der Waals surface area contributed by atoms with E-state index < -0.39 is 0 Å². The summed E-state index contributed by atoms with van der Waals surface area (Å²) in [5.74, 6) is 3.00. The van der Waals surface area contributed by atoms with Gasteiger partial charge in [0.2, 0.25) is 0 Å². The lowest BCUT2D eigenvalue weighted by Crippen LogP contribution is -2.31. The zero-order valence-electron chi connectivity index (χ0n) is 11.1. The average Bonchev–Trinajstić information content (AvgIpc) is 3.12. The van der Waals surface area contributed by atoms with Gasteiger partial charge in [-0.2, -0.15) is 11.8 Å². The fourth-order valence-corrected chi connectivity index (χ4v) is 7.07. The van der Waals surface area contributed by atoms with Crippen LogP contribution < -0.4 is 0 Å². The Kier molecular flexibility index (Phi) is 3.10. The number of thioether (sulfide) groups is 1. The second-order valence-corrected chi connectivity index (χ2v) is 8.13. The second kappa shape index (κ2) is 4.77. The zero-order valence-corrected chi connectivity index (χ0v) is 12.0. The van der Waals surface area contributed by atoms with Crippen molar-refractivity contribution in [1.82, 2.24) is 0 Å². The second-order valence-electron chi connectivity index (χ2n) is 6.71. The van der Waals surface area contributed by atoms with E-state index in [4.69, 9.17) is 4.74 Å². The molecule has 4 aliphatic rings. The maximum absolute atomic E-state index is 5.93. The molecule has 5 unspecified atom stereocenters. The third kappa shape index (κ3) is 1.92. The van der Waals surface area contributed by atoms with Crippen LogP contribution in [0.15, 0.2) is 11.8 Å². The highest BCUT2D eigenvalue weighted by atomic mass is 32.2. The monoisotopic (exact) mass is 264 g/mol. The largest absolute Gasteiger partial charge is 0.501 e. The zero-order chi connectivity index (χ0) is 11.9.